The molecule has 1 saturated carbocycles. The molecule has 12 nitrogen and oxygen atoms in total. The van der Waals surface area contributed by atoms with Crippen molar-refractivity contribution in [2.24, 2.45) is 5.92 Å². The number of aromatic nitrogens is 1. The van der Waals surface area contributed by atoms with Gasteiger partial charge < -0.3 is 35.5 Å². The molecule has 4 aliphatic rings. The first-order valence-electron chi connectivity index (χ1n) is 22.0. The molecule has 3 aromatic carbocycles. The number of H-pyrrole nitrogens is 1. The molecule has 3 saturated heterocycles. The Morgan fingerprint density at radius 2 is 1.72 bits per heavy atom. The van der Waals surface area contributed by atoms with Gasteiger partial charge in [-0.3, -0.25) is 24.1 Å². The van der Waals surface area contributed by atoms with Gasteiger partial charge >= 0.3 is 5.97 Å². The maximum absolute atomic E-state index is 14.0. The number of piperidine rings is 3. The number of fused-ring (bicyclic) bond motifs is 4. The number of aryl methyl sites for hydroxylation is 1. The number of carbonyl (C=O) groups is 3. The predicted molar refractivity (Wildman–Crippen MR) is 233 cm³/mol. The number of aliphatic hydroxyl groups excluding tert-OH is 1. The van der Waals surface area contributed by atoms with Crippen LogP contribution in [0.4, 0.5) is 5.69 Å². The van der Waals surface area contributed by atoms with E-state index < -0.39 is 11.5 Å². The zero-order valence-electron chi connectivity index (χ0n) is 34.9. The summed E-state index contributed by atoms with van der Waals surface area (Å²) in [7, 11) is 1.83. The average Bonchev–Trinajstić information content (AvgIpc) is 3.26. The Morgan fingerprint density at radius 3 is 2.47 bits per heavy atom. The summed E-state index contributed by atoms with van der Waals surface area (Å²) >= 11 is 0. The number of ether oxygens (including phenoxy) is 1. The van der Waals surface area contributed by atoms with Crippen LogP contribution in [-0.2, 0) is 37.5 Å². The van der Waals surface area contributed by atoms with Gasteiger partial charge in [-0.05, 0) is 117 Å². The van der Waals surface area contributed by atoms with E-state index in [-0.39, 0.29) is 41.7 Å². The second kappa shape index (κ2) is 20.0. The van der Waals surface area contributed by atoms with Crippen molar-refractivity contribution in [3.63, 3.8) is 0 Å². The lowest BCUT2D eigenvalue weighted by molar-refractivity contribution is -0.167. The second-order valence-electron chi connectivity index (χ2n) is 17.2. The number of carbonyl (C=O) groups excluding carboxylic acids is 3. The van der Waals surface area contributed by atoms with E-state index in [9.17, 15) is 29.4 Å². The second-order valence-corrected chi connectivity index (χ2v) is 17.2. The predicted octanol–water partition coefficient (Wildman–Crippen LogP) is 6.49. The number of anilines is 1. The number of pyridine rings is 1. The first-order chi connectivity index (χ1) is 29.1. The molecular weight excluding hydrogens is 759 g/mol. The molecule has 1 aliphatic carbocycles. The molecule has 60 heavy (non-hydrogen) atoms. The molecule has 5 N–H and O–H groups in total. The first kappa shape index (κ1) is 43.1. The van der Waals surface area contributed by atoms with Gasteiger partial charge in [0.2, 0.25) is 17.4 Å². The Hall–Kier alpha value is -5.04. The number of hydrogen-bond donors (Lipinski definition) is 5. The zero-order valence-corrected chi connectivity index (χ0v) is 34.9. The summed E-state index contributed by atoms with van der Waals surface area (Å²) in [5, 5.41) is 27.7. The highest BCUT2D eigenvalue weighted by atomic mass is 16.5. The fraction of sp³-hybridized carbons (Fsp3) is 0.500. The molecule has 8 rings (SSSR count). The van der Waals surface area contributed by atoms with Crippen LogP contribution in [0.1, 0.15) is 105 Å². The van der Waals surface area contributed by atoms with Crippen molar-refractivity contribution in [3.8, 4) is 5.75 Å². The van der Waals surface area contributed by atoms with E-state index in [1.54, 1.807) is 17.0 Å². The Labute approximate surface area is 352 Å². The highest BCUT2D eigenvalue weighted by Gasteiger charge is 2.46. The Bertz CT molecular complexity index is 2160. The lowest BCUT2D eigenvalue weighted by Crippen LogP contribution is -2.53. The summed E-state index contributed by atoms with van der Waals surface area (Å²) in [4.78, 5) is 58.2. The number of nitrogens with one attached hydrogen (secondary N) is 3. The molecule has 4 aromatic rings. The topological polar surface area (TPSA) is 164 Å². The van der Waals surface area contributed by atoms with Crippen molar-refractivity contribution in [3.05, 3.63) is 105 Å². The van der Waals surface area contributed by atoms with E-state index in [0.29, 0.717) is 60.4 Å². The fourth-order valence-corrected chi connectivity index (χ4v) is 9.42. The van der Waals surface area contributed by atoms with E-state index in [1.165, 1.54) is 12.1 Å². The molecule has 3 aliphatic heterocycles. The Balaban J connectivity index is 0.788. The van der Waals surface area contributed by atoms with Gasteiger partial charge in [0.1, 0.15) is 11.9 Å². The SMILES string of the molecule is CN(CCCCC(=O)Nc1ccc(CNC[C@H](O)c2ccc(O)c3[nH]c(=O)ccc23)cc1)C(=O)CCCc1cccc(C2(C(=O)O[C@H]3CN4CCC3CC4)CCCCC2)c1. The van der Waals surface area contributed by atoms with Gasteiger partial charge in [0.15, 0.2) is 0 Å². The summed E-state index contributed by atoms with van der Waals surface area (Å²) < 4.78 is 6.35. The smallest absolute Gasteiger partial charge is 0.316 e. The minimum atomic E-state index is -0.858. The minimum Gasteiger partial charge on any atom is -0.506 e. The first-order valence-corrected chi connectivity index (χ1v) is 22.0. The summed E-state index contributed by atoms with van der Waals surface area (Å²) in [6.45, 7) is 4.45. The van der Waals surface area contributed by atoms with Gasteiger partial charge in [0, 0.05) is 63.2 Å². The Morgan fingerprint density at radius 1 is 0.933 bits per heavy atom. The number of nitrogens with zero attached hydrogens (tertiary/aromatic N) is 2. The van der Waals surface area contributed by atoms with E-state index in [1.807, 2.05) is 31.3 Å². The number of phenolic OH excluding ortho intramolecular Hbond substituents is 1. The minimum absolute atomic E-state index is 0.00855. The van der Waals surface area contributed by atoms with E-state index in [4.69, 9.17) is 4.74 Å². The lowest BCUT2D eigenvalue weighted by atomic mass is 9.69. The maximum atomic E-state index is 14.0. The molecule has 2 atom stereocenters. The quantitative estimate of drug-likeness (QED) is 0.0558. The number of aliphatic hydroxyl groups is 1. The van der Waals surface area contributed by atoms with Crippen molar-refractivity contribution in [1.29, 1.82) is 0 Å². The van der Waals surface area contributed by atoms with Gasteiger partial charge in [0.05, 0.1) is 17.0 Å². The monoisotopic (exact) mass is 819 g/mol. The van der Waals surface area contributed by atoms with Crippen LogP contribution < -0.4 is 16.2 Å². The van der Waals surface area contributed by atoms with Crippen molar-refractivity contribution in [2.75, 3.05) is 45.1 Å². The normalized spacial score (nSPS) is 20.1. The van der Waals surface area contributed by atoms with Gasteiger partial charge in [-0.15, -0.1) is 0 Å². The highest BCUT2D eigenvalue weighted by molar-refractivity contribution is 5.90. The molecule has 12 heteroatoms. The number of phenols is 1. The van der Waals surface area contributed by atoms with E-state index >= 15 is 0 Å². The third-order valence-corrected chi connectivity index (χ3v) is 13.0. The number of rotatable bonds is 18. The summed E-state index contributed by atoms with van der Waals surface area (Å²) in [5.41, 5.74) is 3.88. The maximum Gasteiger partial charge on any atom is 0.316 e. The van der Waals surface area contributed by atoms with Crippen LogP contribution >= 0.6 is 0 Å². The standard InChI is InChI=1S/C48H61N5O7/c1-52(45(58)13-8-10-33-9-7-11-36(29-33)48(24-4-2-5-25-48)47(59)60-42-32-53-27-22-35(42)23-28-53)26-6-3-12-43(56)50-37-16-14-34(15-17-37)30-49-31-41(55)38-18-20-40(54)46-39(38)19-21-44(57)51-46/h7,9,11,14-21,29,35,41-42,49,54-55H,2-6,8,10,12-13,22-28,30-32H2,1H3,(H,50,56)(H,51,57)/t41-,42-/m0/s1. The number of amides is 2. The number of esters is 1. The third kappa shape index (κ3) is 10.6. The fourth-order valence-electron chi connectivity index (χ4n) is 9.42. The lowest BCUT2D eigenvalue weighted by Gasteiger charge is -2.45. The molecule has 2 amide bonds. The van der Waals surface area contributed by atoms with Crippen molar-refractivity contribution >= 4 is 34.4 Å². The van der Waals surface area contributed by atoms with Crippen LogP contribution in [0.15, 0.2) is 77.6 Å². The summed E-state index contributed by atoms with van der Waals surface area (Å²) in [6, 6.07) is 22.0. The molecule has 0 spiro atoms. The van der Waals surface area contributed by atoms with Crippen LogP contribution in [0, 0.1) is 5.92 Å². The number of unbranched alkanes of at least 4 members (excludes halogenated alkanes) is 1. The third-order valence-electron chi connectivity index (χ3n) is 13.0. The molecule has 2 bridgehead atoms. The van der Waals surface area contributed by atoms with Gasteiger partial charge in [-0.1, -0.05) is 61.7 Å². The van der Waals surface area contributed by atoms with Crippen LogP contribution in [0.25, 0.3) is 10.9 Å². The van der Waals surface area contributed by atoms with Crippen LogP contribution in [-0.4, -0.2) is 88.7 Å². The molecule has 0 unspecified atom stereocenters. The largest absolute Gasteiger partial charge is 0.506 e. The number of aromatic hydroxyl groups is 1. The van der Waals surface area contributed by atoms with Gasteiger partial charge in [-0.25, -0.2) is 0 Å². The molecule has 4 heterocycles. The average molecular weight is 820 g/mol. The Kier molecular flexibility index (Phi) is 14.4. The summed E-state index contributed by atoms with van der Waals surface area (Å²) in [6.07, 6.45) is 9.94. The van der Waals surface area contributed by atoms with E-state index in [2.05, 4.69) is 44.8 Å². The highest BCUT2D eigenvalue weighted by Crippen LogP contribution is 2.42. The van der Waals surface area contributed by atoms with Crippen LogP contribution in [0.5, 0.6) is 5.75 Å². The molecule has 4 fully saturated rings. The van der Waals surface area contributed by atoms with Gasteiger partial charge in [0.25, 0.3) is 0 Å². The van der Waals surface area contributed by atoms with Gasteiger partial charge in [-0.2, -0.15) is 0 Å². The zero-order chi connectivity index (χ0) is 42.1. The van der Waals surface area contributed by atoms with E-state index in [0.717, 1.165) is 101 Å². The molecule has 0 radical (unpaired) electrons. The van der Waals surface area contributed by atoms with Crippen LogP contribution in [0.3, 0.4) is 0 Å². The molecule has 1 aromatic heterocycles. The van der Waals surface area contributed by atoms with Crippen molar-refractivity contribution in [2.45, 2.75) is 108 Å². The molecular formula is C48H61N5O7. The number of benzene rings is 3. The van der Waals surface area contributed by atoms with Crippen molar-refractivity contribution in [1.82, 2.24) is 20.1 Å². The number of aromatic amines is 1. The number of hydrogen-bond acceptors (Lipinski definition) is 9. The van der Waals surface area contributed by atoms with Crippen molar-refractivity contribution < 1.29 is 29.3 Å². The summed E-state index contributed by atoms with van der Waals surface area (Å²) in [5.74, 6) is 0.412. The van der Waals surface area contributed by atoms with Crippen LogP contribution in [0.2, 0.25) is 0 Å². The molecule has 320 valence electrons.